The van der Waals surface area contributed by atoms with Crippen molar-refractivity contribution in [3.8, 4) is 5.75 Å². The number of nitrogens with one attached hydrogen (secondary N) is 1. The summed E-state index contributed by atoms with van der Waals surface area (Å²) >= 11 is 0. The van der Waals surface area contributed by atoms with Gasteiger partial charge in [-0.15, -0.1) is 0 Å². The highest BCUT2D eigenvalue weighted by molar-refractivity contribution is 5.92. The van der Waals surface area contributed by atoms with Crippen LogP contribution in [-0.4, -0.2) is 79.7 Å². The van der Waals surface area contributed by atoms with E-state index >= 15 is 0 Å². The number of hydrogen-bond acceptors (Lipinski definition) is 9. The maximum Gasteiger partial charge on any atom is 0.341 e. The fourth-order valence-electron chi connectivity index (χ4n) is 3.65. The van der Waals surface area contributed by atoms with Gasteiger partial charge in [-0.1, -0.05) is 12.1 Å². The average molecular weight is 453 g/mol. The van der Waals surface area contributed by atoms with E-state index in [1.54, 1.807) is 32.0 Å². The molecule has 32 heavy (non-hydrogen) atoms. The van der Waals surface area contributed by atoms with Crippen molar-refractivity contribution < 1.29 is 47.9 Å². The van der Waals surface area contributed by atoms with E-state index < -0.39 is 60.9 Å². The van der Waals surface area contributed by atoms with Gasteiger partial charge in [0.1, 0.15) is 42.3 Å². The molecule has 0 radical (unpaired) electrons. The second-order valence-electron chi connectivity index (χ2n) is 7.84. The molecule has 2 aliphatic heterocycles. The number of benzene rings is 1. The van der Waals surface area contributed by atoms with Crippen LogP contribution in [0.2, 0.25) is 0 Å². The molecule has 1 aromatic carbocycles. The molecule has 11 nitrogen and oxygen atoms in total. The molecule has 0 saturated carbocycles. The molecule has 5 unspecified atom stereocenters. The predicted octanol–water partition coefficient (Wildman–Crippen LogP) is 0.703. The molecule has 1 aromatic rings. The largest absolute Gasteiger partial charge is 0.480 e. The molecule has 2 heterocycles. The maximum absolute atomic E-state index is 12.1. The summed E-state index contributed by atoms with van der Waals surface area (Å²) in [7, 11) is 1.25. The number of aliphatic carboxylic acids is 1. The average Bonchev–Trinajstić information content (AvgIpc) is 2.72. The lowest BCUT2D eigenvalue weighted by molar-refractivity contribution is -0.364. The van der Waals surface area contributed by atoms with Gasteiger partial charge in [0.2, 0.25) is 12.2 Å². The van der Waals surface area contributed by atoms with Gasteiger partial charge in [-0.25, -0.2) is 9.59 Å². The Kier molecular flexibility index (Phi) is 7.34. The standard InChI is InChI=1S/C21H27NO10/c1-11(23)22-16-18(28-10-15(24)25)17-14(9-29-21(2,3)32-17)31-20(16)30-13-8-6-5-7-12(13)19(26)27-4/h5-8,14,16-18,20H,9-10H2,1-4H3,(H,22,23)(H,24,25). The summed E-state index contributed by atoms with van der Waals surface area (Å²) in [5, 5.41) is 11.9. The van der Waals surface area contributed by atoms with E-state index in [0.717, 1.165) is 0 Å². The number of esters is 1. The maximum atomic E-state index is 12.1. The number of para-hydroxylation sites is 1. The van der Waals surface area contributed by atoms with Gasteiger partial charge in [0.05, 0.1) is 13.7 Å². The fourth-order valence-corrected chi connectivity index (χ4v) is 3.65. The minimum Gasteiger partial charge on any atom is -0.480 e. The first-order valence-electron chi connectivity index (χ1n) is 10.0. The predicted molar refractivity (Wildman–Crippen MR) is 107 cm³/mol. The topological polar surface area (TPSA) is 139 Å². The summed E-state index contributed by atoms with van der Waals surface area (Å²) in [6, 6.07) is 5.43. The summed E-state index contributed by atoms with van der Waals surface area (Å²) in [6.45, 7) is 4.21. The van der Waals surface area contributed by atoms with Crippen LogP contribution in [0.25, 0.3) is 0 Å². The molecular weight excluding hydrogens is 426 g/mol. The molecule has 3 rings (SSSR count). The Balaban J connectivity index is 1.95. The fraction of sp³-hybridized carbons (Fsp3) is 0.571. The zero-order chi connectivity index (χ0) is 23.5. The number of methoxy groups -OCH3 is 1. The molecule has 176 valence electrons. The molecule has 11 heteroatoms. The molecule has 2 saturated heterocycles. The molecule has 2 aliphatic rings. The zero-order valence-corrected chi connectivity index (χ0v) is 18.2. The van der Waals surface area contributed by atoms with Gasteiger partial charge in [0.25, 0.3) is 0 Å². The van der Waals surface area contributed by atoms with Gasteiger partial charge in [-0.05, 0) is 26.0 Å². The first-order chi connectivity index (χ1) is 15.1. The number of hydrogen-bond donors (Lipinski definition) is 2. The van der Waals surface area contributed by atoms with Crippen molar-refractivity contribution in [2.45, 2.75) is 57.2 Å². The molecule has 0 bridgehead atoms. The highest BCUT2D eigenvalue weighted by atomic mass is 16.8. The van der Waals surface area contributed by atoms with E-state index in [0.29, 0.717) is 0 Å². The highest BCUT2D eigenvalue weighted by Crippen LogP contribution is 2.35. The number of amides is 1. The van der Waals surface area contributed by atoms with E-state index in [1.165, 1.54) is 20.1 Å². The Morgan fingerprint density at radius 1 is 1.25 bits per heavy atom. The summed E-state index contributed by atoms with van der Waals surface area (Å²) in [4.78, 5) is 35.3. The van der Waals surface area contributed by atoms with Crippen molar-refractivity contribution in [2.75, 3.05) is 20.3 Å². The van der Waals surface area contributed by atoms with E-state index in [2.05, 4.69) is 5.32 Å². The molecule has 0 aliphatic carbocycles. The minimum absolute atomic E-state index is 0.121. The Labute approximate surface area is 184 Å². The van der Waals surface area contributed by atoms with Crippen LogP contribution < -0.4 is 10.1 Å². The zero-order valence-electron chi connectivity index (χ0n) is 18.2. The van der Waals surface area contributed by atoms with Crippen LogP contribution in [0.1, 0.15) is 31.1 Å². The Morgan fingerprint density at radius 2 is 1.97 bits per heavy atom. The lowest BCUT2D eigenvalue weighted by Gasteiger charge is -2.50. The van der Waals surface area contributed by atoms with Crippen LogP contribution in [0.5, 0.6) is 5.75 Å². The Hall–Kier alpha value is -2.73. The summed E-state index contributed by atoms with van der Waals surface area (Å²) in [5.41, 5.74) is 0.155. The summed E-state index contributed by atoms with van der Waals surface area (Å²) < 4.78 is 34.1. The normalized spacial score (nSPS) is 28.8. The number of ether oxygens (including phenoxy) is 6. The number of rotatable bonds is 7. The number of carboxylic acid groups (broad SMARTS) is 1. The van der Waals surface area contributed by atoms with Gasteiger partial charge < -0.3 is 38.8 Å². The van der Waals surface area contributed by atoms with Gasteiger partial charge in [0.15, 0.2) is 5.79 Å². The van der Waals surface area contributed by atoms with Crippen LogP contribution in [0.15, 0.2) is 24.3 Å². The summed E-state index contributed by atoms with van der Waals surface area (Å²) in [6.07, 6.45) is -3.50. The van der Waals surface area contributed by atoms with Crippen molar-refractivity contribution in [2.24, 2.45) is 0 Å². The smallest absolute Gasteiger partial charge is 0.341 e. The first kappa shape index (κ1) is 23.9. The quantitative estimate of drug-likeness (QED) is 0.567. The van der Waals surface area contributed by atoms with Gasteiger partial charge in [-0.2, -0.15) is 0 Å². The third-order valence-corrected chi connectivity index (χ3v) is 4.97. The van der Waals surface area contributed by atoms with Crippen molar-refractivity contribution in [3.63, 3.8) is 0 Å². The van der Waals surface area contributed by atoms with Crippen LogP contribution in [0.4, 0.5) is 0 Å². The van der Waals surface area contributed by atoms with E-state index in [4.69, 9.17) is 33.5 Å². The second kappa shape index (κ2) is 9.82. The highest BCUT2D eigenvalue weighted by Gasteiger charge is 2.53. The Bertz CT molecular complexity index is 857. The lowest BCUT2D eigenvalue weighted by atomic mass is 9.95. The van der Waals surface area contributed by atoms with Crippen molar-refractivity contribution >= 4 is 17.8 Å². The molecule has 5 atom stereocenters. The van der Waals surface area contributed by atoms with Crippen molar-refractivity contribution in [3.05, 3.63) is 29.8 Å². The number of carbonyl (C=O) groups excluding carboxylic acids is 2. The molecule has 2 fully saturated rings. The van der Waals surface area contributed by atoms with Crippen LogP contribution in [0.3, 0.4) is 0 Å². The third kappa shape index (κ3) is 5.54. The third-order valence-electron chi connectivity index (χ3n) is 4.97. The lowest BCUT2D eigenvalue weighted by Crippen LogP contribution is -2.69. The van der Waals surface area contributed by atoms with Crippen LogP contribution in [-0.2, 0) is 33.3 Å². The van der Waals surface area contributed by atoms with E-state index in [9.17, 15) is 14.4 Å². The van der Waals surface area contributed by atoms with Crippen molar-refractivity contribution in [1.29, 1.82) is 0 Å². The van der Waals surface area contributed by atoms with E-state index in [1.807, 2.05) is 0 Å². The molecule has 0 aromatic heterocycles. The Morgan fingerprint density at radius 3 is 2.62 bits per heavy atom. The number of carboxylic acids is 1. The molecule has 1 amide bonds. The van der Waals surface area contributed by atoms with Crippen LogP contribution >= 0.6 is 0 Å². The second-order valence-corrected chi connectivity index (χ2v) is 7.84. The van der Waals surface area contributed by atoms with Crippen LogP contribution in [0, 0.1) is 0 Å². The molecule has 2 N–H and O–H groups in total. The molecular formula is C21H27NO10. The molecule has 0 spiro atoms. The van der Waals surface area contributed by atoms with E-state index in [-0.39, 0.29) is 17.9 Å². The van der Waals surface area contributed by atoms with Gasteiger partial charge in [0, 0.05) is 6.92 Å². The summed E-state index contributed by atoms with van der Waals surface area (Å²) in [5.74, 6) is -3.03. The monoisotopic (exact) mass is 453 g/mol. The van der Waals surface area contributed by atoms with Gasteiger partial charge in [-0.3, -0.25) is 4.79 Å². The first-order valence-corrected chi connectivity index (χ1v) is 10.0. The van der Waals surface area contributed by atoms with Crippen molar-refractivity contribution in [1.82, 2.24) is 5.32 Å². The number of carbonyl (C=O) groups is 3. The number of fused-ring (bicyclic) bond motifs is 1. The SMILES string of the molecule is COC(=O)c1ccccc1OC1OC2COC(C)(C)OC2C(OCC(=O)O)C1NC(C)=O. The van der Waals surface area contributed by atoms with Gasteiger partial charge >= 0.3 is 11.9 Å². The minimum atomic E-state index is -1.19.